The van der Waals surface area contributed by atoms with E-state index in [2.05, 4.69) is 16.4 Å². The van der Waals surface area contributed by atoms with E-state index in [0.717, 1.165) is 11.4 Å². The van der Waals surface area contributed by atoms with Crippen molar-refractivity contribution in [1.29, 1.82) is 5.26 Å². The summed E-state index contributed by atoms with van der Waals surface area (Å²) in [6, 6.07) is 2.32. The third kappa shape index (κ3) is 2.38. The zero-order chi connectivity index (χ0) is 10.9. The summed E-state index contributed by atoms with van der Waals surface area (Å²) in [5.74, 6) is 0.709. The monoisotopic (exact) mass is 220 g/mol. The molecular weight excluding hydrogens is 204 g/mol. The molecule has 0 radical (unpaired) electrons. The zero-order valence-corrected chi connectivity index (χ0v) is 10.1. The van der Waals surface area contributed by atoms with E-state index < -0.39 is 0 Å². The Bertz CT molecular complexity index is 383. The number of rotatable bonds is 3. The van der Waals surface area contributed by atoms with Gasteiger partial charge >= 0.3 is 0 Å². The Hall–Kier alpha value is -0.880. The maximum absolute atomic E-state index is 8.96. The molecule has 0 bridgehead atoms. The minimum absolute atomic E-state index is 0.283. The smallest absolute Gasteiger partial charge is 0.0944 e. The topological polar surface area (TPSA) is 36.7 Å². The Balaban J connectivity index is 2.04. The molecule has 0 unspecified atom stereocenters. The van der Waals surface area contributed by atoms with Crippen LogP contribution in [0.25, 0.3) is 0 Å². The van der Waals surface area contributed by atoms with Gasteiger partial charge < -0.3 is 0 Å². The van der Waals surface area contributed by atoms with Crippen LogP contribution in [-0.4, -0.2) is 4.98 Å². The Morgan fingerprint density at radius 3 is 2.87 bits per heavy atom. The van der Waals surface area contributed by atoms with Gasteiger partial charge in [0.15, 0.2) is 0 Å². The molecule has 2 rings (SSSR count). The summed E-state index contributed by atoms with van der Waals surface area (Å²) in [5.41, 5.74) is 0.976. The van der Waals surface area contributed by atoms with E-state index in [-0.39, 0.29) is 5.41 Å². The van der Waals surface area contributed by atoms with Crippen LogP contribution in [-0.2, 0) is 6.42 Å². The highest BCUT2D eigenvalue weighted by atomic mass is 32.1. The predicted octanol–water partition coefficient (Wildman–Crippen LogP) is 3.50. The first-order chi connectivity index (χ1) is 7.11. The predicted molar refractivity (Wildman–Crippen MR) is 61.8 cm³/mol. The van der Waals surface area contributed by atoms with Crippen molar-refractivity contribution in [2.75, 3.05) is 0 Å². The molecule has 0 saturated heterocycles. The second-order valence-electron chi connectivity index (χ2n) is 4.97. The average Bonchev–Trinajstić information content (AvgIpc) is 2.49. The van der Waals surface area contributed by atoms with Crippen LogP contribution >= 0.6 is 11.3 Å². The minimum Gasteiger partial charge on any atom is -0.246 e. The standard InChI is InChI=1S/C12H16N2S/c1-12(2,8-13)6-11-14-10(7-15-11)9-4-3-5-9/h7,9H,3-6H2,1-2H3. The van der Waals surface area contributed by atoms with Crippen LogP contribution in [0.2, 0.25) is 0 Å². The van der Waals surface area contributed by atoms with Crippen molar-refractivity contribution in [1.82, 2.24) is 4.98 Å². The van der Waals surface area contributed by atoms with Crippen LogP contribution in [0.1, 0.15) is 49.7 Å². The van der Waals surface area contributed by atoms with Crippen molar-refractivity contribution in [2.45, 2.75) is 45.4 Å². The van der Waals surface area contributed by atoms with Crippen LogP contribution in [0.15, 0.2) is 5.38 Å². The quantitative estimate of drug-likeness (QED) is 0.781. The van der Waals surface area contributed by atoms with Gasteiger partial charge in [0.2, 0.25) is 0 Å². The van der Waals surface area contributed by atoms with Crippen LogP contribution in [0.5, 0.6) is 0 Å². The molecule has 0 atom stereocenters. The van der Waals surface area contributed by atoms with E-state index in [1.54, 1.807) is 11.3 Å². The molecule has 3 heteroatoms. The van der Waals surface area contributed by atoms with Crippen molar-refractivity contribution < 1.29 is 0 Å². The molecule has 0 aromatic carbocycles. The second kappa shape index (κ2) is 3.94. The van der Waals surface area contributed by atoms with Gasteiger partial charge in [0, 0.05) is 17.7 Å². The first-order valence-electron chi connectivity index (χ1n) is 5.46. The fourth-order valence-corrected chi connectivity index (χ4v) is 2.82. The number of thiazole rings is 1. The molecule has 2 nitrogen and oxygen atoms in total. The van der Waals surface area contributed by atoms with Gasteiger partial charge in [0.25, 0.3) is 0 Å². The highest BCUT2D eigenvalue weighted by Crippen LogP contribution is 2.37. The molecule has 1 aliphatic rings. The maximum Gasteiger partial charge on any atom is 0.0944 e. The minimum atomic E-state index is -0.283. The first-order valence-corrected chi connectivity index (χ1v) is 6.34. The van der Waals surface area contributed by atoms with E-state index >= 15 is 0 Å². The number of hydrogen-bond donors (Lipinski definition) is 0. The fourth-order valence-electron chi connectivity index (χ4n) is 1.72. The summed E-state index contributed by atoms with van der Waals surface area (Å²) < 4.78 is 0. The molecule has 1 aromatic rings. The Labute approximate surface area is 95.0 Å². The second-order valence-corrected chi connectivity index (χ2v) is 5.91. The first kappa shape index (κ1) is 10.6. The molecule has 15 heavy (non-hydrogen) atoms. The molecule has 1 aliphatic carbocycles. The average molecular weight is 220 g/mol. The van der Waals surface area contributed by atoms with Gasteiger partial charge in [0.1, 0.15) is 0 Å². The lowest BCUT2D eigenvalue weighted by Gasteiger charge is -2.23. The highest BCUT2D eigenvalue weighted by Gasteiger charge is 2.24. The molecule has 1 heterocycles. The molecule has 1 fully saturated rings. The molecule has 0 N–H and O–H groups in total. The molecule has 1 aromatic heterocycles. The molecular formula is C12H16N2S. The lowest BCUT2D eigenvalue weighted by molar-refractivity contribution is 0.410. The third-order valence-corrected chi connectivity index (χ3v) is 3.86. The van der Waals surface area contributed by atoms with E-state index in [0.29, 0.717) is 5.92 Å². The Morgan fingerprint density at radius 2 is 2.33 bits per heavy atom. The van der Waals surface area contributed by atoms with Crippen LogP contribution in [0.3, 0.4) is 0 Å². The molecule has 80 valence electrons. The van der Waals surface area contributed by atoms with E-state index in [9.17, 15) is 0 Å². The number of hydrogen-bond acceptors (Lipinski definition) is 3. The molecule has 0 spiro atoms. The molecule has 0 amide bonds. The summed E-state index contributed by atoms with van der Waals surface area (Å²) in [4.78, 5) is 4.63. The van der Waals surface area contributed by atoms with Crippen LogP contribution < -0.4 is 0 Å². The van der Waals surface area contributed by atoms with Crippen LogP contribution in [0, 0.1) is 16.7 Å². The SMILES string of the molecule is CC(C)(C#N)Cc1nc(C2CCC2)cs1. The van der Waals surface area contributed by atoms with E-state index in [4.69, 9.17) is 5.26 Å². The van der Waals surface area contributed by atoms with Crippen molar-refractivity contribution >= 4 is 11.3 Å². The highest BCUT2D eigenvalue weighted by molar-refractivity contribution is 7.09. The normalized spacial score (nSPS) is 17.1. The van der Waals surface area contributed by atoms with Crippen LogP contribution in [0.4, 0.5) is 0 Å². The van der Waals surface area contributed by atoms with Gasteiger partial charge in [-0.05, 0) is 26.7 Å². The maximum atomic E-state index is 8.96. The summed E-state index contributed by atoms with van der Waals surface area (Å²) in [5, 5.41) is 12.2. The van der Waals surface area contributed by atoms with Gasteiger partial charge in [-0.3, -0.25) is 0 Å². The van der Waals surface area contributed by atoms with Crippen molar-refractivity contribution in [3.05, 3.63) is 16.1 Å². The van der Waals surface area contributed by atoms with Gasteiger partial charge in [-0.1, -0.05) is 6.42 Å². The third-order valence-electron chi connectivity index (χ3n) is 2.99. The van der Waals surface area contributed by atoms with E-state index in [1.165, 1.54) is 25.0 Å². The van der Waals surface area contributed by atoms with Crippen molar-refractivity contribution in [2.24, 2.45) is 5.41 Å². The van der Waals surface area contributed by atoms with E-state index in [1.807, 2.05) is 13.8 Å². The van der Waals surface area contributed by atoms with Crippen molar-refractivity contribution in [3.63, 3.8) is 0 Å². The summed E-state index contributed by atoms with van der Waals surface area (Å²) in [6.45, 7) is 3.94. The van der Waals surface area contributed by atoms with Gasteiger partial charge in [-0.25, -0.2) is 4.98 Å². The largest absolute Gasteiger partial charge is 0.246 e. The Morgan fingerprint density at radius 1 is 1.60 bits per heavy atom. The number of aromatic nitrogens is 1. The zero-order valence-electron chi connectivity index (χ0n) is 9.29. The lowest BCUT2D eigenvalue weighted by atomic mass is 9.83. The Kier molecular flexibility index (Phi) is 2.79. The summed E-state index contributed by atoms with van der Waals surface area (Å²) >= 11 is 1.71. The number of nitrogens with zero attached hydrogens (tertiary/aromatic N) is 2. The van der Waals surface area contributed by atoms with Crippen molar-refractivity contribution in [3.8, 4) is 6.07 Å². The van der Waals surface area contributed by atoms with Gasteiger partial charge in [0.05, 0.1) is 22.2 Å². The fraction of sp³-hybridized carbons (Fsp3) is 0.667. The molecule has 1 saturated carbocycles. The van der Waals surface area contributed by atoms with Gasteiger partial charge in [-0.15, -0.1) is 11.3 Å². The molecule has 0 aliphatic heterocycles. The lowest BCUT2D eigenvalue weighted by Crippen LogP contribution is -2.12. The summed E-state index contributed by atoms with van der Waals surface area (Å²) in [6.07, 6.45) is 4.72. The number of nitriles is 1. The van der Waals surface area contributed by atoms with Gasteiger partial charge in [-0.2, -0.15) is 5.26 Å². The summed E-state index contributed by atoms with van der Waals surface area (Å²) in [7, 11) is 0.